The molecule has 0 aliphatic rings. The van der Waals surface area contributed by atoms with Gasteiger partial charge in [0.25, 0.3) is 5.91 Å². The Hall–Kier alpha value is -1.27. The van der Waals surface area contributed by atoms with E-state index in [0.717, 1.165) is 6.26 Å². The molecule has 0 heterocycles. The van der Waals surface area contributed by atoms with E-state index in [2.05, 4.69) is 5.32 Å². The third-order valence-electron chi connectivity index (χ3n) is 2.24. The van der Waals surface area contributed by atoms with E-state index in [1.54, 1.807) is 12.1 Å². The first-order valence-corrected chi connectivity index (χ1v) is 7.74. The number of nitrogens with one attached hydrogen (secondary N) is 1. The maximum Gasteiger partial charge on any atom is 0.251 e. The topological polar surface area (TPSA) is 89.3 Å². The molecule has 0 saturated carbocycles. The van der Waals surface area contributed by atoms with E-state index in [0.29, 0.717) is 29.2 Å². The van der Waals surface area contributed by atoms with Gasteiger partial charge in [-0.25, -0.2) is 8.42 Å². The zero-order valence-corrected chi connectivity index (χ0v) is 11.5. The van der Waals surface area contributed by atoms with Gasteiger partial charge in [-0.1, -0.05) is 11.6 Å². The van der Waals surface area contributed by atoms with Crippen LogP contribution in [0.2, 0.25) is 5.02 Å². The third-order valence-corrected chi connectivity index (χ3v) is 3.60. The zero-order valence-electron chi connectivity index (χ0n) is 9.94. The number of amides is 1. The van der Waals surface area contributed by atoms with Crippen LogP contribution in [0.15, 0.2) is 18.2 Å². The van der Waals surface area contributed by atoms with E-state index >= 15 is 0 Å². The second-order valence-corrected chi connectivity index (χ2v) is 6.64. The summed E-state index contributed by atoms with van der Waals surface area (Å²) in [5.41, 5.74) is 6.33. The number of nitrogens with two attached hydrogens (primary N) is 1. The Morgan fingerprint density at radius 3 is 2.67 bits per heavy atom. The number of nitrogen functional groups attached to an aromatic ring is 1. The molecule has 100 valence electrons. The second kappa shape index (κ2) is 6.06. The first kappa shape index (κ1) is 14.8. The van der Waals surface area contributed by atoms with Gasteiger partial charge in [0.15, 0.2) is 0 Å². The Labute approximate surface area is 111 Å². The molecule has 0 unspecified atom stereocenters. The standard InChI is InChI=1S/C11H15ClN2O3S/c1-18(16,17)6-2-5-14-11(15)8-3-4-10(13)9(12)7-8/h3-4,7H,2,5-6,13H2,1H3,(H,14,15). The number of hydrogen-bond donors (Lipinski definition) is 2. The zero-order chi connectivity index (χ0) is 13.8. The number of halogens is 1. The molecule has 0 aromatic heterocycles. The van der Waals surface area contributed by atoms with E-state index < -0.39 is 9.84 Å². The summed E-state index contributed by atoms with van der Waals surface area (Å²) in [6, 6.07) is 4.59. The summed E-state index contributed by atoms with van der Waals surface area (Å²) in [7, 11) is -2.99. The van der Waals surface area contributed by atoms with Gasteiger partial charge in [-0.05, 0) is 24.6 Å². The molecular formula is C11H15ClN2O3S. The highest BCUT2D eigenvalue weighted by atomic mass is 35.5. The summed E-state index contributed by atoms with van der Waals surface area (Å²) in [5, 5.41) is 2.93. The van der Waals surface area contributed by atoms with Crippen LogP contribution < -0.4 is 11.1 Å². The first-order valence-electron chi connectivity index (χ1n) is 5.30. The molecule has 0 atom stereocenters. The molecule has 1 rings (SSSR count). The van der Waals surface area contributed by atoms with Crippen molar-refractivity contribution in [1.82, 2.24) is 5.32 Å². The molecule has 1 aromatic rings. The van der Waals surface area contributed by atoms with Crippen molar-refractivity contribution in [3.05, 3.63) is 28.8 Å². The van der Waals surface area contributed by atoms with Crippen LogP contribution in [0.3, 0.4) is 0 Å². The number of carbonyl (C=O) groups is 1. The lowest BCUT2D eigenvalue weighted by Gasteiger charge is -2.06. The van der Waals surface area contributed by atoms with E-state index in [-0.39, 0.29) is 11.7 Å². The van der Waals surface area contributed by atoms with Gasteiger partial charge in [-0.3, -0.25) is 4.79 Å². The Morgan fingerprint density at radius 1 is 1.44 bits per heavy atom. The molecule has 1 aromatic carbocycles. The summed E-state index contributed by atoms with van der Waals surface area (Å²) >= 11 is 5.79. The van der Waals surface area contributed by atoms with E-state index in [1.807, 2.05) is 0 Å². The van der Waals surface area contributed by atoms with Gasteiger partial charge >= 0.3 is 0 Å². The minimum atomic E-state index is -2.99. The third kappa shape index (κ3) is 4.93. The lowest BCUT2D eigenvalue weighted by molar-refractivity contribution is 0.0953. The van der Waals surface area contributed by atoms with E-state index in [1.165, 1.54) is 6.07 Å². The second-order valence-electron chi connectivity index (χ2n) is 3.98. The molecule has 18 heavy (non-hydrogen) atoms. The van der Waals surface area contributed by atoms with Crippen molar-refractivity contribution in [1.29, 1.82) is 0 Å². The number of anilines is 1. The van der Waals surface area contributed by atoms with Crippen molar-refractivity contribution >= 4 is 33.0 Å². The minimum absolute atomic E-state index is 0.0514. The summed E-state index contributed by atoms with van der Waals surface area (Å²) in [5.74, 6) is -0.249. The number of rotatable bonds is 5. The predicted octanol–water partition coefficient (Wildman–Crippen LogP) is 1.09. The molecule has 0 bridgehead atoms. The maximum atomic E-state index is 11.7. The summed E-state index contributed by atoms with van der Waals surface area (Å²) in [4.78, 5) is 11.7. The quantitative estimate of drug-likeness (QED) is 0.627. The Morgan fingerprint density at radius 2 is 2.11 bits per heavy atom. The van der Waals surface area contributed by atoms with Crippen LogP contribution in [0.4, 0.5) is 5.69 Å². The summed E-state index contributed by atoms with van der Waals surface area (Å²) < 4.78 is 21.8. The molecule has 0 aliphatic heterocycles. The number of carbonyl (C=O) groups excluding carboxylic acids is 1. The fraction of sp³-hybridized carbons (Fsp3) is 0.364. The van der Waals surface area contributed by atoms with Gasteiger partial charge in [-0.15, -0.1) is 0 Å². The molecule has 0 spiro atoms. The van der Waals surface area contributed by atoms with Crippen molar-refractivity contribution < 1.29 is 13.2 Å². The molecule has 0 fully saturated rings. The molecule has 3 N–H and O–H groups in total. The van der Waals surface area contributed by atoms with Crippen LogP contribution in [-0.2, 0) is 9.84 Å². The van der Waals surface area contributed by atoms with Gasteiger partial charge in [0.05, 0.1) is 16.5 Å². The Balaban J connectivity index is 2.48. The average molecular weight is 291 g/mol. The molecule has 1 amide bonds. The van der Waals surface area contributed by atoms with Crippen LogP contribution in [0.5, 0.6) is 0 Å². The van der Waals surface area contributed by atoms with Crippen LogP contribution in [0.1, 0.15) is 16.8 Å². The molecule has 7 heteroatoms. The van der Waals surface area contributed by atoms with Crippen LogP contribution >= 0.6 is 11.6 Å². The number of sulfone groups is 1. The molecule has 5 nitrogen and oxygen atoms in total. The SMILES string of the molecule is CS(=O)(=O)CCCNC(=O)c1ccc(N)c(Cl)c1. The smallest absolute Gasteiger partial charge is 0.251 e. The van der Waals surface area contributed by atoms with Crippen molar-refractivity contribution in [2.75, 3.05) is 24.3 Å². The van der Waals surface area contributed by atoms with Crippen molar-refractivity contribution in [2.24, 2.45) is 0 Å². The maximum absolute atomic E-state index is 11.7. The normalized spacial score (nSPS) is 11.2. The summed E-state index contributed by atoms with van der Waals surface area (Å²) in [6.45, 7) is 0.300. The Bertz CT molecular complexity index is 543. The van der Waals surface area contributed by atoms with Gasteiger partial charge < -0.3 is 11.1 Å². The average Bonchev–Trinajstić information content (AvgIpc) is 2.26. The largest absolute Gasteiger partial charge is 0.398 e. The van der Waals surface area contributed by atoms with Crippen LogP contribution in [0.25, 0.3) is 0 Å². The highest BCUT2D eigenvalue weighted by molar-refractivity contribution is 7.90. The van der Waals surface area contributed by atoms with Crippen molar-refractivity contribution in [2.45, 2.75) is 6.42 Å². The van der Waals surface area contributed by atoms with Crippen LogP contribution in [0, 0.1) is 0 Å². The lowest BCUT2D eigenvalue weighted by atomic mass is 10.2. The van der Waals surface area contributed by atoms with Gasteiger partial charge in [-0.2, -0.15) is 0 Å². The Kier molecular flexibility index (Phi) is 4.98. The minimum Gasteiger partial charge on any atom is -0.398 e. The fourth-order valence-corrected chi connectivity index (χ4v) is 2.16. The lowest BCUT2D eigenvalue weighted by Crippen LogP contribution is -2.25. The van der Waals surface area contributed by atoms with Gasteiger partial charge in [0.1, 0.15) is 9.84 Å². The number of benzene rings is 1. The van der Waals surface area contributed by atoms with E-state index in [4.69, 9.17) is 17.3 Å². The van der Waals surface area contributed by atoms with Gasteiger partial charge in [0, 0.05) is 18.4 Å². The van der Waals surface area contributed by atoms with Crippen molar-refractivity contribution in [3.8, 4) is 0 Å². The van der Waals surface area contributed by atoms with E-state index in [9.17, 15) is 13.2 Å². The molecular weight excluding hydrogens is 276 g/mol. The summed E-state index contributed by atoms with van der Waals surface area (Å²) in [6.07, 6.45) is 1.54. The van der Waals surface area contributed by atoms with Gasteiger partial charge in [0.2, 0.25) is 0 Å². The highest BCUT2D eigenvalue weighted by Gasteiger charge is 2.08. The monoisotopic (exact) mass is 290 g/mol. The molecule has 0 radical (unpaired) electrons. The molecule has 0 saturated heterocycles. The predicted molar refractivity (Wildman–Crippen MR) is 72.5 cm³/mol. The molecule has 0 aliphatic carbocycles. The fourth-order valence-electron chi connectivity index (χ4n) is 1.31. The van der Waals surface area contributed by atoms with Crippen molar-refractivity contribution in [3.63, 3.8) is 0 Å². The number of hydrogen-bond acceptors (Lipinski definition) is 4. The van der Waals surface area contributed by atoms with Crippen LogP contribution in [-0.4, -0.2) is 32.9 Å². The highest BCUT2D eigenvalue weighted by Crippen LogP contribution is 2.19. The first-order chi connectivity index (χ1) is 8.29.